The zero-order chi connectivity index (χ0) is 12.8. The fourth-order valence-corrected chi connectivity index (χ4v) is 2.25. The number of hydrogen-bond acceptors (Lipinski definition) is 4. The first-order valence-corrected chi connectivity index (χ1v) is 6.68. The molecule has 0 radical (unpaired) electrons. The van der Waals surface area contributed by atoms with Crippen molar-refractivity contribution in [2.45, 2.75) is 4.90 Å². The highest BCUT2D eigenvalue weighted by atomic mass is 32.2. The molecule has 5 heteroatoms. The van der Waals surface area contributed by atoms with E-state index >= 15 is 0 Å². The van der Waals surface area contributed by atoms with Crippen LogP contribution in [0.25, 0.3) is 0 Å². The second-order valence-electron chi connectivity index (χ2n) is 3.69. The minimum absolute atomic E-state index is 0.00482. The lowest BCUT2D eigenvalue weighted by Crippen LogP contribution is -2.24. The molecule has 4 nitrogen and oxygen atoms in total. The molecule has 1 aliphatic heterocycles. The van der Waals surface area contributed by atoms with E-state index < -0.39 is 0 Å². The van der Waals surface area contributed by atoms with E-state index in [0.717, 1.165) is 16.4 Å². The maximum absolute atomic E-state index is 11.4. The first-order chi connectivity index (χ1) is 8.79. The van der Waals surface area contributed by atoms with Crippen molar-refractivity contribution < 1.29 is 14.3 Å². The van der Waals surface area contributed by atoms with Gasteiger partial charge in [0.2, 0.25) is 5.91 Å². The van der Waals surface area contributed by atoms with Gasteiger partial charge >= 0.3 is 0 Å². The molecule has 0 fully saturated rings. The van der Waals surface area contributed by atoms with E-state index in [1.165, 1.54) is 11.8 Å². The van der Waals surface area contributed by atoms with E-state index in [2.05, 4.69) is 11.9 Å². The van der Waals surface area contributed by atoms with E-state index in [1.54, 1.807) is 6.08 Å². The molecule has 0 unspecified atom stereocenters. The number of carbonyl (C=O) groups excluding carboxylic acids is 1. The number of carbonyl (C=O) groups is 1. The first kappa shape index (κ1) is 12.8. The molecule has 1 aliphatic rings. The lowest BCUT2D eigenvalue weighted by molar-refractivity contribution is -0.118. The summed E-state index contributed by atoms with van der Waals surface area (Å²) in [6.07, 6.45) is 1.66. The van der Waals surface area contributed by atoms with Gasteiger partial charge < -0.3 is 14.8 Å². The third-order valence-corrected chi connectivity index (χ3v) is 3.32. The second kappa shape index (κ2) is 6.35. The van der Waals surface area contributed by atoms with E-state index in [-0.39, 0.29) is 5.91 Å². The molecule has 0 saturated heterocycles. The zero-order valence-electron chi connectivity index (χ0n) is 9.98. The summed E-state index contributed by atoms with van der Waals surface area (Å²) < 4.78 is 10.9. The highest BCUT2D eigenvalue weighted by molar-refractivity contribution is 8.00. The molecule has 1 aromatic carbocycles. The SMILES string of the molecule is C=CCNC(=O)CSc1ccc2c(c1)OCCO2. The fraction of sp³-hybridized carbons (Fsp3) is 0.308. The maximum atomic E-state index is 11.4. The number of nitrogens with one attached hydrogen (secondary N) is 1. The Labute approximate surface area is 110 Å². The number of rotatable bonds is 5. The van der Waals surface area contributed by atoms with Crippen molar-refractivity contribution in [1.82, 2.24) is 5.32 Å². The molecule has 0 atom stereocenters. The Morgan fingerprint density at radius 3 is 2.94 bits per heavy atom. The second-order valence-corrected chi connectivity index (χ2v) is 4.74. The van der Waals surface area contributed by atoms with Crippen LogP contribution in [0.3, 0.4) is 0 Å². The molecule has 0 aromatic heterocycles. The Bertz CT molecular complexity index is 448. The molecule has 96 valence electrons. The summed E-state index contributed by atoms with van der Waals surface area (Å²) >= 11 is 1.47. The fourth-order valence-electron chi connectivity index (χ4n) is 1.50. The summed E-state index contributed by atoms with van der Waals surface area (Å²) in [5.74, 6) is 1.89. The number of ether oxygens (including phenoxy) is 2. The number of amides is 1. The van der Waals surface area contributed by atoms with Gasteiger partial charge in [-0.2, -0.15) is 0 Å². The van der Waals surface area contributed by atoms with Crippen LogP contribution in [0.1, 0.15) is 0 Å². The number of thioether (sulfide) groups is 1. The molecule has 0 saturated carbocycles. The summed E-state index contributed by atoms with van der Waals surface area (Å²) in [6, 6.07) is 5.71. The Morgan fingerprint density at radius 1 is 1.39 bits per heavy atom. The van der Waals surface area contributed by atoms with Crippen LogP contribution in [0.5, 0.6) is 11.5 Å². The monoisotopic (exact) mass is 265 g/mol. The van der Waals surface area contributed by atoms with Crippen molar-refractivity contribution in [3.8, 4) is 11.5 Å². The van der Waals surface area contributed by atoms with Crippen LogP contribution in [0.2, 0.25) is 0 Å². The Hall–Kier alpha value is -1.62. The molecule has 0 spiro atoms. The minimum Gasteiger partial charge on any atom is -0.486 e. The summed E-state index contributed by atoms with van der Waals surface area (Å²) in [5, 5.41) is 2.73. The Morgan fingerprint density at radius 2 is 2.17 bits per heavy atom. The van der Waals surface area contributed by atoms with E-state index in [4.69, 9.17) is 9.47 Å². The lowest BCUT2D eigenvalue weighted by atomic mass is 10.3. The molecular weight excluding hydrogens is 250 g/mol. The van der Waals surface area contributed by atoms with Crippen LogP contribution >= 0.6 is 11.8 Å². The molecule has 0 aliphatic carbocycles. The highest BCUT2D eigenvalue weighted by Gasteiger charge is 2.12. The van der Waals surface area contributed by atoms with Gasteiger partial charge in [-0.1, -0.05) is 6.08 Å². The van der Waals surface area contributed by atoms with Gasteiger partial charge in [-0.25, -0.2) is 0 Å². The summed E-state index contributed by atoms with van der Waals surface area (Å²) in [7, 11) is 0. The van der Waals surface area contributed by atoms with Crippen LogP contribution in [0.15, 0.2) is 35.7 Å². The quantitative estimate of drug-likeness (QED) is 0.652. The van der Waals surface area contributed by atoms with Crippen molar-refractivity contribution in [2.24, 2.45) is 0 Å². The van der Waals surface area contributed by atoms with Gasteiger partial charge in [-0.05, 0) is 18.2 Å². The average molecular weight is 265 g/mol. The van der Waals surface area contributed by atoms with E-state index in [9.17, 15) is 4.79 Å². The molecule has 1 aromatic rings. The third-order valence-electron chi connectivity index (χ3n) is 2.33. The van der Waals surface area contributed by atoms with Gasteiger partial charge in [0.1, 0.15) is 13.2 Å². The van der Waals surface area contributed by atoms with Gasteiger partial charge in [0.05, 0.1) is 5.75 Å². The minimum atomic E-state index is -0.00482. The summed E-state index contributed by atoms with van der Waals surface area (Å²) in [5.41, 5.74) is 0. The van der Waals surface area contributed by atoms with Crippen molar-refractivity contribution in [1.29, 1.82) is 0 Å². The van der Waals surface area contributed by atoms with E-state index in [1.807, 2.05) is 18.2 Å². The van der Waals surface area contributed by atoms with Crippen LogP contribution in [-0.2, 0) is 4.79 Å². The van der Waals surface area contributed by atoms with Gasteiger partial charge in [0, 0.05) is 11.4 Å². The first-order valence-electron chi connectivity index (χ1n) is 5.69. The molecular formula is C13H15NO3S. The Kier molecular flexibility index (Phi) is 4.52. The van der Waals surface area contributed by atoms with Gasteiger partial charge in [-0.15, -0.1) is 18.3 Å². The summed E-state index contributed by atoms with van der Waals surface area (Å²) in [4.78, 5) is 12.4. The van der Waals surface area contributed by atoms with Crippen LogP contribution in [0, 0.1) is 0 Å². The molecule has 2 rings (SSSR count). The van der Waals surface area contributed by atoms with Gasteiger partial charge in [0.15, 0.2) is 11.5 Å². The standard InChI is InChI=1S/C13H15NO3S/c1-2-5-14-13(15)9-18-10-3-4-11-12(8-10)17-7-6-16-11/h2-4,8H,1,5-7,9H2,(H,14,15). The number of fused-ring (bicyclic) bond motifs is 1. The number of benzene rings is 1. The molecule has 0 bridgehead atoms. The predicted molar refractivity (Wildman–Crippen MR) is 71.4 cm³/mol. The smallest absolute Gasteiger partial charge is 0.230 e. The van der Waals surface area contributed by atoms with Crippen LogP contribution in [-0.4, -0.2) is 31.4 Å². The van der Waals surface area contributed by atoms with Crippen LogP contribution < -0.4 is 14.8 Å². The highest BCUT2D eigenvalue weighted by Crippen LogP contribution is 2.33. The predicted octanol–water partition coefficient (Wildman–Crippen LogP) is 1.85. The molecule has 1 N–H and O–H groups in total. The topological polar surface area (TPSA) is 47.6 Å². The van der Waals surface area contributed by atoms with Crippen molar-refractivity contribution in [3.63, 3.8) is 0 Å². The number of hydrogen-bond donors (Lipinski definition) is 1. The average Bonchev–Trinajstić information content (AvgIpc) is 2.42. The molecule has 1 heterocycles. The lowest BCUT2D eigenvalue weighted by Gasteiger charge is -2.18. The molecule has 18 heavy (non-hydrogen) atoms. The van der Waals surface area contributed by atoms with Crippen LogP contribution in [0.4, 0.5) is 0 Å². The zero-order valence-corrected chi connectivity index (χ0v) is 10.8. The summed E-state index contributed by atoms with van der Waals surface area (Å²) in [6.45, 7) is 5.20. The van der Waals surface area contributed by atoms with Crippen molar-refractivity contribution in [2.75, 3.05) is 25.5 Å². The van der Waals surface area contributed by atoms with Gasteiger partial charge in [-0.3, -0.25) is 4.79 Å². The van der Waals surface area contributed by atoms with Crippen molar-refractivity contribution >= 4 is 17.7 Å². The van der Waals surface area contributed by atoms with Crippen molar-refractivity contribution in [3.05, 3.63) is 30.9 Å². The maximum Gasteiger partial charge on any atom is 0.230 e. The normalized spacial score (nSPS) is 12.9. The third kappa shape index (κ3) is 3.43. The van der Waals surface area contributed by atoms with E-state index in [0.29, 0.717) is 25.5 Å². The largest absolute Gasteiger partial charge is 0.486 e. The van der Waals surface area contributed by atoms with Gasteiger partial charge in [0.25, 0.3) is 0 Å². The molecule has 1 amide bonds. The Balaban J connectivity index is 1.89.